The van der Waals surface area contributed by atoms with Crippen LogP contribution in [0.3, 0.4) is 0 Å². The quantitative estimate of drug-likeness (QED) is 0.414. The largest absolute Gasteiger partial charge is 0.495 e. The van der Waals surface area contributed by atoms with Gasteiger partial charge in [0.1, 0.15) is 16.9 Å². The predicted molar refractivity (Wildman–Crippen MR) is 133 cm³/mol. The zero-order chi connectivity index (χ0) is 24.4. The number of para-hydroxylation sites is 1. The van der Waals surface area contributed by atoms with Crippen LogP contribution in [0.1, 0.15) is 12.0 Å². The number of nitrogens with one attached hydrogen (secondary N) is 1. The van der Waals surface area contributed by atoms with Crippen molar-refractivity contribution in [3.63, 3.8) is 0 Å². The molecule has 2 heterocycles. The Kier molecular flexibility index (Phi) is 6.46. The van der Waals surface area contributed by atoms with Crippen LogP contribution in [0, 0.1) is 0 Å². The third-order valence-corrected chi connectivity index (χ3v) is 8.06. The number of carbonyl (C=O) groups is 1. The molecule has 1 aliphatic rings. The zero-order valence-corrected chi connectivity index (χ0v) is 20.1. The highest BCUT2D eigenvalue weighted by atomic mass is 32.2. The standard InChI is InChI=1S/C26H26N2O6S/c1-32-25-16-21-20-4-2-3-5-23(20)34-24(21)17-22(25)27-26(29)11-8-18-6-9-19(10-7-18)35(30,31)28-12-14-33-15-13-28/h2-7,9-10,16-17H,8,11-15H2,1H3,(H,27,29). The molecule has 8 nitrogen and oxygen atoms in total. The zero-order valence-electron chi connectivity index (χ0n) is 19.3. The van der Waals surface area contributed by atoms with Crippen molar-refractivity contribution in [1.29, 1.82) is 0 Å². The molecule has 0 radical (unpaired) electrons. The van der Waals surface area contributed by atoms with Gasteiger partial charge in [0.15, 0.2) is 0 Å². The van der Waals surface area contributed by atoms with Crippen molar-refractivity contribution in [3.05, 3.63) is 66.2 Å². The number of hydrogen-bond acceptors (Lipinski definition) is 6. The first-order chi connectivity index (χ1) is 17.0. The first-order valence-electron chi connectivity index (χ1n) is 11.4. The second-order valence-electron chi connectivity index (χ2n) is 8.36. The monoisotopic (exact) mass is 494 g/mol. The van der Waals surface area contributed by atoms with Gasteiger partial charge in [0.2, 0.25) is 15.9 Å². The normalized spacial score (nSPS) is 14.9. The van der Waals surface area contributed by atoms with Crippen LogP contribution in [0.15, 0.2) is 70.0 Å². The number of aryl methyl sites for hydroxylation is 1. The number of furan rings is 1. The van der Waals surface area contributed by atoms with E-state index in [0.29, 0.717) is 49.7 Å². The van der Waals surface area contributed by atoms with E-state index in [1.807, 2.05) is 30.3 Å². The number of rotatable bonds is 7. The summed E-state index contributed by atoms with van der Waals surface area (Å²) >= 11 is 0. The second-order valence-corrected chi connectivity index (χ2v) is 10.3. The van der Waals surface area contributed by atoms with Gasteiger partial charge >= 0.3 is 0 Å². The van der Waals surface area contributed by atoms with Crippen molar-refractivity contribution in [2.45, 2.75) is 17.7 Å². The highest BCUT2D eigenvalue weighted by molar-refractivity contribution is 7.89. The Morgan fingerprint density at radius 2 is 1.74 bits per heavy atom. The summed E-state index contributed by atoms with van der Waals surface area (Å²) in [4.78, 5) is 12.9. The summed E-state index contributed by atoms with van der Waals surface area (Å²) in [5.74, 6) is 0.374. The number of methoxy groups -OCH3 is 1. The van der Waals surface area contributed by atoms with Crippen LogP contribution in [0.25, 0.3) is 21.9 Å². The second kappa shape index (κ2) is 9.69. The number of amides is 1. The summed E-state index contributed by atoms with van der Waals surface area (Å²) in [7, 11) is -1.97. The number of hydrogen-bond donors (Lipinski definition) is 1. The molecular weight excluding hydrogens is 468 g/mol. The van der Waals surface area contributed by atoms with Crippen LogP contribution in [0.2, 0.25) is 0 Å². The van der Waals surface area contributed by atoms with E-state index in [2.05, 4.69) is 5.32 Å². The molecule has 0 unspecified atom stereocenters. The number of fused-ring (bicyclic) bond motifs is 3. The Morgan fingerprint density at radius 3 is 2.49 bits per heavy atom. The minimum atomic E-state index is -3.54. The lowest BCUT2D eigenvalue weighted by atomic mass is 10.1. The van der Waals surface area contributed by atoms with Crippen molar-refractivity contribution < 1.29 is 27.1 Å². The fraction of sp³-hybridized carbons (Fsp3) is 0.269. The molecule has 1 aliphatic heterocycles. The lowest BCUT2D eigenvalue weighted by Crippen LogP contribution is -2.40. The third-order valence-electron chi connectivity index (χ3n) is 6.14. The summed E-state index contributed by atoms with van der Waals surface area (Å²) in [6, 6.07) is 18.1. The minimum absolute atomic E-state index is 0.177. The van der Waals surface area contributed by atoms with Crippen LogP contribution >= 0.6 is 0 Å². The fourth-order valence-corrected chi connectivity index (χ4v) is 5.66. The van der Waals surface area contributed by atoms with Crippen molar-refractivity contribution >= 4 is 43.6 Å². The van der Waals surface area contributed by atoms with Gasteiger partial charge in [-0.15, -0.1) is 0 Å². The highest BCUT2D eigenvalue weighted by Crippen LogP contribution is 2.36. The Hall–Kier alpha value is -3.40. The van der Waals surface area contributed by atoms with E-state index < -0.39 is 10.0 Å². The molecule has 1 fully saturated rings. The van der Waals surface area contributed by atoms with Gasteiger partial charge < -0.3 is 19.2 Å². The van der Waals surface area contributed by atoms with Gasteiger partial charge in [0, 0.05) is 36.3 Å². The molecule has 0 atom stereocenters. The molecule has 182 valence electrons. The smallest absolute Gasteiger partial charge is 0.243 e. The summed E-state index contributed by atoms with van der Waals surface area (Å²) in [5, 5.41) is 4.81. The number of morpholine rings is 1. The van der Waals surface area contributed by atoms with Gasteiger partial charge in [-0.25, -0.2) is 8.42 Å². The summed E-state index contributed by atoms with van der Waals surface area (Å²) in [6.07, 6.45) is 0.704. The number of anilines is 1. The molecule has 35 heavy (non-hydrogen) atoms. The van der Waals surface area contributed by atoms with Gasteiger partial charge in [0.05, 0.1) is 30.9 Å². The van der Waals surface area contributed by atoms with Gasteiger partial charge in [-0.05, 0) is 36.2 Å². The SMILES string of the molecule is COc1cc2c(cc1NC(=O)CCc1ccc(S(=O)(=O)N3CCOCC3)cc1)oc1ccccc12. The fourth-order valence-electron chi connectivity index (χ4n) is 4.25. The number of benzene rings is 3. The van der Waals surface area contributed by atoms with E-state index in [9.17, 15) is 13.2 Å². The van der Waals surface area contributed by atoms with Crippen molar-refractivity contribution in [3.8, 4) is 5.75 Å². The van der Waals surface area contributed by atoms with Crippen LogP contribution in [-0.4, -0.2) is 52.0 Å². The first-order valence-corrected chi connectivity index (χ1v) is 12.9. The Balaban J connectivity index is 1.25. The van der Waals surface area contributed by atoms with Crippen molar-refractivity contribution in [2.24, 2.45) is 0 Å². The molecule has 0 aliphatic carbocycles. The molecule has 1 N–H and O–H groups in total. The van der Waals surface area contributed by atoms with Gasteiger partial charge in [0.25, 0.3) is 0 Å². The van der Waals surface area contributed by atoms with Crippen LogP contribution in [-0.2, 0) is 26.0 Å². The number of carbonyl (C=O) groups excluding carboxylic acids is 1. The molecule has 0 bridgehead atoms. The van der Waals surface area contributed by atoms with Crippen molar-refractivity contribution in [1.82, 2.24) is 4.31 Å². The predicted octanol–water partition coefficient (Wildman–Crippen LogP) is 4.19. The van der Waals surface area contributed by atoms with Crippen molar-refractivity contribution in [2.75, 3.05) is 38.7 Å². The maximum absolute atomic E-state index is 12.8. The van der Waals surface area contributed by atoms with Crippen LogP contribution in [0.4, 0.5) is 5.69 Å². The van der Waals surface area contributed by atoms with Gasteiger partial charge in [-0.2, -0.15) is 4.31 Å². The number of ether oxygens (including phenoxy) is 2. The number of nitrogens with zero attached hydrogens (tertiary/aromatic N) is 1. The maximum Gasteiger partial charge on any atom is 0.243 e. The molecule has 9 heteroatoms. The molecule has 1 amide bonds. The summed E-state index contributed by atoms with van der Waals surface area (Å²) in [5.41, 5.74) is 2.85. The molecule has 3 aromatic carbocycles. The Bertz CT molecular complexity index is 1470. The number of sulfonamides is 1. The lowest BCUT2D eigenvalue weighted by molar-refractivity contribution is -0.116. The van der Waals surface area contributed by atoms with E-state index in [1.54, 1.807) is 37.4 Å². The molecule has 1 aromatic heterocycles. The van der Waals surface area contributed by atoms with Gasteiger partial charge in [-0.1, -0.05) is 30.3 Å². The summed E-state index contributed by atoms with van der Waals surface area (Å²) in [6.45, 7) is 1.52. The third kappa shape index (κ3) is 4.75. The Labute approximate surface area is 203 Å². The van der Waals surface area contributed by atoms with Crippen LogP contribution < -0.4 is 10.1 Å². The molecular formula is C26H26N2O6S. The van der Waals surface area contributed by atoms with E-state index in [-0.39, 0.29) is 17.2 Å². The topological polar surface area (TPSA) is 98.1 Å². The highest BCUT2D eigenvalue weighted by Gasteiger charge is 2.26. The van der Waals surface area contributed by atoms with E-state index in [1.165, 1.54) is 4.31 Å². The molecule has 4 aromatic rings. The maximum atomic E-state index is 12.8. The Morgan fingerprint density at radius 1 is 1.00 bits per heavy atom. The first kappa shape index (κ1) is 23.3. The van der Waals surface area contributed by atoms with E-state index in [0.717, 1.165) is 21.9 Å². The summed E-state index contributed by atoms with van der Waals surface area (Å²) < 4.78 is 43.6. The molecule has 5 rings (SSSR count). The lowest BCUT2D eigenvalue weighted by Gasteiger charge is -2.26. The molecule has 0 spiro atoms. The average molecular weight is 495 g/mol. The van der Waals surface area contributed by atoms with Gasteiger partial charge in [-0.3, -0.25) is 4.79 Å². The minimum Gasteiger partial charge on any atom is -0.495 e. The van der Waals surface area contributed by atoms with Crippen LogP contribution in [0.5, 0.6) is 5.75 Å². The molecule has 1 saturated heterocycles. The molecule has 0 saturated carbocycles. The van der Waals surface area contributed by atoms with E-state index >= 15 is 0 Å². The average Bonchev–Trinajstić information content (AvgIpc) is 3.25. The van der Waals surface area contributed by atoms with E-state index in [4.69, 9.17) is 13.9 Å².